The summed E-state index contributed by atoms with van der Waals surface area (Å²) in [7, 11) is 1.53. The Hall–Kier alpha value is -2.64. The van der Waals surface area contributed by atoms with Crippen LogP contribution in [0.5, 0.6) is 0 Å². The molecule has 0 saturated carbocycles. The van der Waals surface area contributed by atoms with Gasteiger partial charge in [0.05, 0.1) is 5.56 Å². The lowest BCUT2D eigenvalue weighted by Crippen LogP contribution is -2.35. The van der Waals surface area contributed by atoms with Crippen LogP contribution >= 0.6 is 0 Å². The molecule has 0 aliphatic heterocycles. The van der Waals surface area contributed by atoms with Gasteiger partial charge < -0.3 is 14.8 Å². The Balaban J connectivity index is 2.59. The maximum Gasteiger partial charge on any atom is 0.415 e. The highest BCUT2D eigenvalue weighted by Gasteiger charge is 2.24. The number of rotatable bonds is 7. The predicted molar refractivity (Wildman–Crippen MR) is 111 cm³/mol. The Morgan fingerprint density at radius 3 is 2.24 bits per heavy atom. The van der Waals surface area contributed by atoms with Crippen molar-refractivity contribution in [3.8, 4) is 0 Å². The van der Waals surface area contributed by atoms with Crippen LogP contribution in [-0.4, -0.2) is 47.7 Å². The number of nitrogens with zero attached hydrogens (tertiary/aromatic N) is 2. The number of ether oxygens (including phenoxy) is 2. The number of hydrogen-bond acceptors (Lipinski definition) is 6. The first kappa shape index (κ1) is 24.4. The zero-order valence-electron chi connectivity index (χ0n) is 18.5. The topological polar surface area (TPSA) is 97.8 Å². The SMILES string of the molecule is CN(C(=O)OC(C)(C)C)c1ncccc1C(=O)CCCCNC(=O)OC(C)(C)C. The molecule has 0 atom stereocenters. The van der Waals surface area contributed by atoms with Crippen LogP contribution in [0.15, 0.2) is 18.3 Å². The number of amides is 2. The smallest absolute Gasteiger partial charge is 0.415 e. The number of pyridine rings is 1. The third-order valence-electron chi connectivity index (χ3n) is 3.57. The quantitative estimate of drug-likeness (QED) is 0.534. The van der Waals surface area contributed by atoms with Crippen molar-refractivity contribution >= 4 is 23.8 Å². The molecule has 0 saturated heterocycles. The molecule has 1 heterocycles. The third kappa shape index (κ3) is 9.40. The number of hydrogen-bond donors (Lipinski definition) is 1. The molecule has 1 N–H and O–H groups in total. The Labute approximate surface area is 173 Å². The molecular weight excluding hydrogens is 374 g/mol. The van der Waals surface area contributed by atoms with Gasteiger partial charge in [-0.2, -0.15) is 0 Å². The van der Waals surface area contributed by atoms with Crippen LogP contribution in [0.3, 0.4) is 0 Å². The minimum atomic E-state index is -0.647. The summed E-state index contributed by atoms with van der Waals surface area (Å²) in [5, 5.41) is 2.66. The lowest BCUT2D eigenvalue weighted by Gasteiger charge is -2.25. The van der Waals surface area contributed by atoms with Gasteiger partial charge in [0.15, 0.2) is 5.78 Å². The van der Waals surface area contributed by atoms with Crippen molar-refractivity contribution in [3.63, 3.8) is 0 Å². The van der Waals surface area contributed by atoms with E-state index >= 15 is 0 Å². The van der Waals surface area contributed by atoms with Gasteiger partial charge in [-0.1, -0.05) is 0 Å². The van der Waals surface area contributed by atoms with Gasteiger partial charge in [0.2, 0.25) is 0 Å². The van der Waals surface area contributed by atoms with Crippen LogP contribution in [0, 0.1) is 0 Å². The lowest BCUT2D eigenvalue weighted by molar-refractivity contribution is 0.0525. The molecule has 0 bridgehead atoms. The number of unbranched alkanes of at least 4 members (excludes halogenated alkanes) is 1. The second kappa shape index (κ2) is 10.2. The van der Waals surface area contributed by atoms with E-state index in [2.05, 4.69) is 10.3 Å². The summed E-state index contributed by atoms with van der Waals surface area (Å²) < 4.78 is 10.5. The average molecular weight is 408 g/mol. The highest BCUT2D eigenvalue weighted by Crippen LogP contribution is 2.21. The van der Waals surface area contributed by atoms with Crippen molar-refractivity contribution in [2.24, 2.45) is 0 Å². The van der Waals surface area contributed by atoms with Crippen LogP contribution in [0.1, 0.15) is 71.2 Å². The molecule has 0 fully saturated rings. The first-order valence-corrected chi connectivity index (χ1v) is 9.72. The Morgan fingerprint density at radius 2 is 1.66 bits per heavy atom. The van der Waals surface area contributed by atoms with E-state index < -0.39 is 23.4 Å². The molecule has 0 aliphatic rings. The van der Waals surface area contributed by atoms with Crippen LogP contribution in [-0.2, 0) is 9.47 Å². The van der Waals surface area contributed by atoms with E-state index in [0.717, 1.165) is 0 Å². The molecule has 0 aliphatic carbocycles. The molecule has 162 valence electrons. The molecular formula is C21H33N3O5. The number of alkyl carbamates (subject to hydrolysis) is 1. The zero-order chi connectivity index (χ0) is 22.2. The molecule has 0 spiro atoms. The largest absolute Gasteiger partial charge is 0.444 e. The van der Waals surface area contributed by atoms with Crippen molar-refractivity contribution < 1.29 is 23.9 Å². The fraction of sp³-hybridized carbons (Fsp3) is 0.619. The molecule has 8 nitrogen and oxygen atoms in total. The van der Waals surface area contributed by atoms with Crippen molar-refractivity contribution in [1.82, 2.24) is 10.3 Å². The zero-order valence-corrected chi connectivity index (χ0v) is 18.5. The monoisotopic (exact) mass is 407 g/mol. The van der Waals surface area contributed by atoms with E-state index in [1.165, 1.54) is 18.1 Å². The van der Waals surface area contributed by atoms with Gasteiger partial charge in [0, 0.05) is 26.2 Å². The second-order valence-corrected chi connectivity index (χ2v) is 8.72. The minimum absolute atomic E-state index is 0.124. The summed E-state index contributed by atoms with van der Waals surface area (Å²) in [4.78, 5) is 42.0. The van der Waals surface area contributed by atoms with E-state index in [1.807, 2.05) is 0 Å². The predicted octanol–water partition coefficient (Wildman–Crippen LogP) is 4.33. The Morgan fingerprint density at radius 1 is 1.03 bits per heavy atom. The molecule has 0 radical (unpaired) electrons. The molecule has 29 heavy (non-hydrogen) atoms. The van der Waals surface area contributed by atoms with Gasteiger partial charge >= 0.3 is 12.2 Å². The van der Waals surface area contributed by atoms with Gasteiger partial charge in [-0.3, -0.25) is 9.69 Å². The first-order valence-electron chi connectivity index (χ1n) is 9.72. The van der Waals surface area contributed by atoms with E-state index in [4.69, 9.17) is 9.47 Å². The molecule has 8 heteroatoms. The number of nitrogens with one attached hydrogen (secondary N) is 1. The molecule has 0 aromatic carbocycles. The standard InChI is InChI=1S/C21H33N3O5/c1-20(2,3)28-18(26)23-13-9-8-12-16(25)15-11-10-14-22-17(15)24(7)19(27)29-21(4,5)6/h10-11,14H,8-9,12-13H2,1-7H3,(H,23,26). The Bertz CT molecular complexity index is 720. The van der Waals surface area contributed by atoms with Crippen LogP contribution in [0.2, 0.25) is 0 Å². The van der Waals surface area contributed by atoms with Gasteiger partial charge in [0.1, 0.15) is 17.0 Å². The summed E-state index contributed by atoms with van der Waals surface area (Å²) >= 11 is 0. The molecule has 1 rings (SSSR count). The summed E-state index contributed by atoms with van der Waals surface area (Å²) in [5.74, 6) is 0.138. The third-order valence-corrected chi connectivity index (χ3v) is 3.57. The normalized spacial score (nSPS) is 11.6. The number of Topliss-reactive ketones (excluding diaryl/α,β-unsaturated/α-hetero) is 1. The van der Waals surface area contributed by atoms with Crippen molar-refractivity contribution in [1.29, 1.82) is 0 Å². The second-order valence-electron chi connectivity index (χ2n) is 8.72. The van der Waals surface area contributed by atoms with Crippen LogP contribution in [0.25, 0.3) is 0 Å². The summed E-state index contributed by atoms with van der Waals surface area (Å²) in [6, 6.07) is 3.30. The van der Waals surface area contributed by atoms with Crippen molar-refractivity contribution in [2.45, 2.75) is 72.0 Å². The minimum Gasteiger partial charge on any atom is -0.444 e. The lowest BCUT2D eigenvalue weighted by atomic mass is 10.1. The summed E-state index contributed by atoms with van der Waals surface area (Å²) in [5.41, 5.74) is -0.830. The fourth-order valence-corrected chi connectivity index (χ4v) is 2.35. The van der Waals surface area contributed by atoms with Gasteiger partial charge in [-0.25, -0.2) is 14.6 Å². The fourth-order valence-electron chi connectivity index (χ4n) is 2.35. The maximum atomic E-state index is 12.6. The summed E-state index contributed by atoms with van der Waals surface area (Å²) in [6.45, 7) is 11.1. The molecule has 1 aromatic rings. The highest BCUT2D eigenvalue weighted by atomic mass is 16.6. The van der Waals surface area contributed by atoms with Crippen molar-refractivity contribution in [3.05, 3.63) is 23.9 Å². The average Bonchev–Trinajstić information content (AvgIpc) is 2.57. The van der Waals surface area contributed by atoms with Crippen LogP contribution in [0.4, 0.5) is 15.4 Å². The first-order chi connectivity index (χ1) is 13.3. The van der Waals surface area contributed by atoms with Crippen molar-refractivity contribution in [2.75, 3.05) is 18.5 Å². The van der Waals surface area contributed by atoms with Gasteiger partial charge in [-0.05, 0) is 66.5 Å². The maximum absolute atomic E-state index is 12.6. The van der Waals surface area contributed by atoms with E-state index in [-0.39, 0.29) is 18.0 Å². The highest BCUT2D eigenvalue weighted by molar-refractivity contribution is 6.03. The number of carbonyl (C=O) groups excluding carboxylic acids is 3. The molecule has 2 amide bonds. The van der Waals surface area contributed by atoms with E-state index in [9.17, 15) is 14.4 Å². The van der Waals surface area contributed by atoms with E-state index in [1.54, 1.807) is 53.7 Å². The number of anilines is 1. The number of carbonyl (C=O) groups is 3. The summed E-state index contributed by atoms with van der Waals surface area (Å²) in [6.07, 6.45) is 1.96. The molecule has 0 unspecified atom stereocenters. The Kier molecular flexibility index (Phi) is 8.60. The number of ketones is 1. The molecule has 1 aromatic heterocycles. The van der Waals surface area contributed by atoms with Crippen LogP contribution < -0.4 is 10.2 Å². The van der Waals surface area contributed by atoms with Gasteiger partial charge in [-0.15, -0.1) is 0 Å². The van der Waals surface area contributed by atoms with E-state index in [0.29, 0.717) is 24.9 Å². The number of aromatic nitrogens is 1. The van der Waals surface area contributed by atoms with Gasteiger partial charge in [0.25, 0.3) is 0 Å².